The van der Waals surface area contributed by atoms with E-state index in [1.807, 2.05) is 0 Å². The third kappa shape index (κ3) is 4.29. The Kier molecular flexibility index (Phi) is 4.92. The van der Waals surface area contributed by atoms with Gasteiger partial charge in [0.15, 0.2) is 0 Å². The van der Waals surface area contributed by atoms with Gasteiger partial charge in [-0.1, -0.05) is 18.2 Å². The van der Waals surface area contributed by atoms with E-state index in [9.17, 15) is 9.59 Å². The summed E-state index contributed by atoms with van der Waals surface area (Å²) in [7, 11) is 0. The van der Waals surface area contributed by atoms with Gasteiger partial charge in [0.25, 0.3) is 0 Å². The second kappa shape index (κ2) is 6.44. The van der Waals surface area contributed by atoms with Gasteiger partial charge in [-0.15, -0.1) is 6.58 Å². The van der Waals surface area contributed by atoms with Crippen molar-refractivity contribution in [3.05, 3.63) is 42.5 Å². The Hall–Kier alpha value is -2.30. The summed E-state index contributed by atoms with van der Waals surface area (Å²) >= 11 is 0. The monoisotopic (exact) mass is 248 g/mol. The first-order valence-corrected chi connectivity index (χ1v) is 5.50. The molecule has 1 aromatic carbocycles. The van der Waals surface area contributed by atoms with Crippen LogP contribution in [0.2, 0.25) is 0 Å². The van der Waals surface area contributed by atoms with Crippen molar-refractivity contribution < 1.29 is 14.7 Å². The maximum absolute atomic E-state index is 11.7. The first kappa shape index (κ1) is 13.8. The topological polar surface area (TPSA) is 92.4 Å². The highest BCUT2D eigenvalue weighted by molar-refractivity contribution is 5.85. The van der Waals surface area contributed by atoms with Gasteiger partial charge >= 0.3 is 5.97 Å². The van der Waals surface area contributed by atoms with E-state index < -0.39 is 12.0 Å². The fourth-order valence-corrected chi connectivity index (χ4v) is 1.52. The van der Waals surface area contributed by atoms with Crippen molar-refractivity contribution in [2.24, 2.45) is 0 Å². The number of carboxylic acids is 1. The van der Waals surface area contributed by atoms with Crippen LogP contribution in [-0.2, 0) is 16.0 Å². The number of hydrogen-bond donors (Lipinski definition) is 3. The Morgan fingerprint density at radius 3 is 2.78 bits per heavy atom. The van der Waals surface area contributed by atoms with Crippen LogP contribution >= 0.6 is 0 Å². The summed E-state index contributed by atoms with van der Waals surface area (Å²) in [5.41, 5.74) is 6.91. The van der Waals surface area contributed by atoms with Crippen molar-refractivity contribution in [1.82, 2.24) is 5.32 Å². The predicted octanol–water partition coefficient (Wildman–Crippen LogP) is 0.957. The van der Waals surface area contributed by atoms with Crippen LogP contribution in [0.3, 0.4) is 0 Å². The van der Waals surface area contributed by atoms with Crippen LogP contribution in [0.4, 0.5) is 5.69 Å². The molecule has 1 atom stereocenters. The lowest BCUT2D eigenvalue weighted by atomic mass is 10.1. The molecule has 5 heteroatoms. The second-order valence-electron chi connectivity index (χ2n) is 3.90. The maximum atomic E-state index is 11.7. The summed E-state index contributed by atoms with van der Waals surface area (Å²) in [5, 5.41) is 11.3. The molecule has 1 amide bonds. The molecule has 0 bridgehead atoms. The van der Waals surface area contributed by atoms with Crippen LogP contribution in [0.15, 0.2) is 36.9 Å². The van der Waals surface area contributed by atoms with Gasteiger partial charge in [-0.25, -0.2) is 4.79 Å². The van der Waals surface area contributed by atoms with Crippen molar-refractivity contribution >= 4 is 17.6 Å². The Balaban J connectivity index is 2.60. The summed E-state index contributed by atoms with van der Waals surface area (Å²) in [5.74, 6) is -1.43. The Bertz CT molecular complexity index is 457. The average molecular weight is 248 g/mol. The number of carbonyl (C=O) groups excluding carboxylic acids is 1. The van der Waals surface area contributed by atoms with Crippen LogP contribution in [0.5, 0.6) is 0 Å². The molecule has 18 heavy (non-hydrogen) atoms. The third-order valence-corrected chi connectivity index (χ3v) is 2.35. The lowest BCUT2D eigenvalue weighted by Gasteiger charge is -2.12. The summed E-state index contributed by atoms with van der Waals surface area (Å²) in [6, 6.07) is 5.98. The van der Waals surface area contributed by atoms with Gasteiger partial charge < -0.3 is 16.2 Å². The Morgan fingerprint density at radius 2 is 2.22 bits per heavy atom. The largest absolute Gasteiger partial charge is 0.480 e. The van der Waals surface area contributed by atoms with E-state index >= 15 is 0 Å². The molecule has 1 unspecified atom stereocenters. The standard InChI is InChI=1S/C13H16N2O3/c1-2-4-11(13(17)18)15-12(16)8-9-5-3-6-10(14)7-9/h2-3,5-7,11H,1,4,8,14H2,(H,15,16)(H,17,18). The summed E-state index contributed by atoms with van der Waals surface area (Å²) in [6.45, 7) is 3.45. The van der Waals surface area contributed by atoms with Crippen LogP contribution in [-0.4, -0.2) is 23.0 Å². The number of nitrogens with two attached hydrogens (primary N) is 1. The number of carbonyl (C=O) groups is 2. The minimum Gasteiger partial charge on any atom is -0.480 e. The van der Waals surface area contributed by atoms with Crippen LogP contribution in [0.25, 0.3) is 0 Å². The van der Waals surface area contributed by atoms with Gasteiger partial charge in [-0.2, -0.15) is 0 Å². The average Bonchev–Trinajstić information content (AvgIpc) is 2.28. The number of anilines is 1. The highest BCUT2D eigenvalue weighted by Crippen LogP contribution is 2.07. The minimum absolute atomic E-state index is 0.103. The molecule has 0 aromatic heterocycles. The quantitative estimate of drug-likeness (QED) is 0.516. The fraction of sp³-hybridized carbons (Fsp3) is 0.231. The zero-order valence-electron chi connectivity index (χ0n) is 9.93. The Labute approximate surface area is 105 Å². The molecule has 0 aliphatic rings. The van der Waals surface area contributed by atoms with Gasteiger partial charge in [0.05, 0.1) is 6.42 Å². The van der Waals surface area contributed by atoms with Crippen LogP contribution in [0, 0.1) is 0 Å². The van der Waals surface area contributed by atoms with E-state index in [-0.39, 0.29) is 18.7 Å². The van der Waals surface area contributed by atoms with E-state index in [1.165, 1.54) is 6.08 Å². The first-order valence-electron chi connectivity index (χ1n) is 5.50. The van der Waals surface area contributed by atoms with Crippen molar-refractivity contribution in [3.8, 4) is 0 Å². The van der Waals surface area contributed by atoms with E-state index in [0.29, 0.717) is 5.69 Å². The van der Waals surface area contributed by atoms with Crippen molar-refractivity contribution in [1.29, 1.82) is 0 Å². The molecule has 0 aliphatic heterocycles. The van der Waals surface area contributed by atoms with Gasteiger partial charge in [0.2, 0.25) is 5.91 Å². The lowest BCUT2D eigenvalue weighted by molar-refractivity contribution is -0.141. The lowest BCUT2D eigenvalue weighted by Crippen LogP contribution is -2.41. The molecular formula is C13H16N2O3. The number of carboxylic acid groups (broad SMARTS) is 1. The molecule has 0 spiro atoms. The van der Waals surface area contributed by atoms with Gasteiger partial charge in [0.1, 0.15) is 6.04 Å². The van der Waals surface area contributed by atoms with Crippen LogP contribution < -0.4 is 11.1 Å². The SMILES string of the molecule is C=CCC(NC(=O)Cc1cccc(N)c1)C(=O)O. The molecule has 0 radical (unpaired) electrons. The smallest absolute Gasteiger partial charge is 0.326 e. The Morgan fingerprint density at radius 1 is 1.50 bits per heavy atom. The second-order valence-corrected chi connectivity index (χ2v) is 3.90. The van der Waals surface area contributed by atoms with Crippen molar-refractivity contribution in [2.45, 2.75) is 18.9 Å². The van der Waals surface area contributed by atoms with Gasteiger partial charge in [0, 0.05) is 5.69 Å². The molecule has 5 nitrogen and oxygen atoms in total. The molecule has 0 aliphatic carbocycles. The number of amides is 1. The zero-order valence-corrected chi connectivity index (χ0v) is 9.93. The molecular weight excluding hydrogens is 232 g/mol. The fourth-order valence-electron chi connectivity index (χ4n) is 1.52. The zero-order chi connectivity index (χ0) is 13.5. The van der Waals surface area contributed by atoms with Crippen LogP contribution in [0.1, 0.15) is 12.0 Å². The van der Waals surface area contributed by atoms with E-state index in [4.69, 9.17) is 10.8 Å². The summed E-state index contributed by atoms with van der Waals surface area (Å²) in [4.78, 5) is 22.5. The molecule has 4 N–H and O–H groups in total. The molecule has 1 rings (SSSR count). The number of nitrogen functional groups attached to an aromatic ring is 1. The van der Waals surface area contributed by atoms with Gasteiger partial charge in [-0.3, -0.25) is 4.79 Å². The van der Waals surface area contributed by atoms with Crippen molar-refractivity contribution in [3.63, 3.8) is 0 Å². The normalized spacial score (nSPS) is 11.6. The molecule has 96 valence electrons. The molecule has 1 aromatic rings. The molecule has 0 heterocycles. The highest BCUT2D eigenvalue weighted by Gasteiger charge is 2.18. The molecule has 0 fully saturated rings. The van der Waals surface area contributed by atoms with E-state index in [1.54, 1.807) is 24.3 Å². The highest BCUT2D eigenvalue weighted by atomic mass is 16.4. The number of nitrogens with one attached hydrogen (secondary N) is 1. The molecule has 0 saturated heterocycles. The summed E-state index contributed by atoms with van der Waals surface area (Å²) in [6.07, 6.45) is 1.75. The van der Waals surface area contributed by atoms with Gasteiger partial charge in [-0.05, 0) is 24.1 Å². The molecule has 0 saturated carbocycles. The van der Waals surface area contributed by atoms with E-state index in [0.717, 1.165) is 5.56 Å². The summed E-state index contributed by atoms with van der Waals surface area (Å²) < 4.78 is 0. The maximum Gasteiger partial charge on any atom is 0.326 e. The van der Waals surface area contributed by atoms with E-state index in [2.05, 4.69) is 11.9 Å². The number of rotatable bonds is 6. The van der Waals surface area contributed by atoms with Crippen molar-refractivity contribution in [2.75, 3.05) is 5.73 Å². The third-order valence-electron chi connectivity index (χ3n) is 2.35. The minimum atomic E-state index is -1.07. The number of hydrogen-bond acceptors (Lipinski definition) is 3. The predicted molar refractivity (Wildman–Crippen MR) is 68.9 cm³/mol. The first-order chi connectivity index (χ1) is 8.52. The number of benzene rings is 1. The number of aliphatic carboxylic acids is 1.